The summed E-state index contributed by atoms with van der Waals surface area (Å²) in [5.41, 5.74) is 0.860. The van der Waals surface area contributed by atoms with Gasteiger partial charge in [0.1, 0.15) is 23.0 Å². The molecule has 2 aromatic carbocycles. The molecule has 0 aliphatic rings. The lowest BCUT2D eigenvalue weighted by Crippen LogP contribution is -1.87. The maximum atomic E-state index is 9.73. The van der Waals surface area contributed by atoms with Crippen LogP contribution in [0.2, 0.25) is 5.02 Å². The highest BCUT2D eigenvalue weighted by Crippen LogP contribution is 2.33. The minimum absolute atomic E-state index is 0.0801. The summed E-state index contributed by atoms with van der Waals surface area (Å²) in [6.07, 6.45) is 0.756. The van der Waals surface area contributed by atoms with Crippen molar-refractivity contribution in [2.75, 3.05) is 0 Å². The van der Waals surface area contributed by atoms with Gasteiger partial charge in [-0.1, -0.05) is 24.6 Å². The van der Waals surface area contributed by atoms with Crippen LogP contribution in [0.15, 0.2) is 36.4 Å². The van der Waals surface area contributed by atoms with Crippen LogP contribution in [0.1, 0.15) is 12.5 Å². The van der Waals surface area contributed by atoms with Crippen LogP contribution in [0.3, 0.4) is 0 Å². The highest BCUT2D eigenvalue weighted by molar-refractivity contribution is 6.32. The van der Waals surface area contributed by atoms with E-state index in [4.69, 9.17) is 16.3 Å². The zero-order chi connectivity index (χ0) is 13.1. The van der Waals surface area contributed by atoms with Crippen molar-refractivity contribution < 1.29 is 14.9 Å². The topological polar surface area (TPSA) is 49.7 Å². The van der Waals surface area contributed by atoms with Crippen LogP contribution in [-0.4, -0.2) is 10.2 Å². The standard InChI is InChI=1S/C14H13ClO3/c1-2-9-3-5-11(8-13(9)17)18-14-6-4-10(16)7-12(14)15/h3-8,16-17H,2H2,1H3. The van der Waals surface area contributed by atoms with Gasteiger partial charge in [-0.2, -0.15) is 0 Å². The molecule has 18 heavy (non-hydrogen) atoms. The Labute approximate surface area is 110 Å². The molecule has 0 spiro atoms. The van der Waals surface area contributed by atoms with Crippen LogP contribution in [0.4, 0.5) is 0 Å². The lowest BCUT2D eigenvalue weighted by atomic mass is 10.1. The predicted octanol–water partition coefficient (Wildman–Crippen LogP) is 4.11. The number of aromatic hydroxyl groups is 2. The van der Waals surface area contributed by atoms with Crippen LogP contribution < -0.4 is 4.74 Å². The Bertz CT molecular complexity index is 567. The van der Waals surface area contributed by atoms with Crippen LogP contribution in [0.5, 0.6) is 23.0 Å². The molecule has 94 valence electrons. The van der Waals surface area contributed by atoms with Gasteiger partial charge in [0.05, 0.1) is 5.02 Å². The zero-order valence-corrected chi connectivity index (χ0v) is 10.6. The summed E-state index contributed by atoms with van der Waals surface area (Å²) >= 11 is 5.93. The van der Waals surface area contributed by atoms with Crippen molar-refractivity contribution >= 4 is 11.6 Å². The number of phenolic OH excluding ortho intramolecular Hbond substituents is 2. The fraction of sp³-hybridized carbons (Fsp3) is 0.143. The molecule has 0 fully saturated rings. The third-order valence-electron chi connectivity index (χ3n) is 2.58. The molecular formula is C14H13ClO3. The molecule has 0 atom stereocenters. The average molecular weight is 265 g/mol. The maximum Gasteiger partial charge on any atom is 0.146 e. The number of ether oxygens (including phenoxy) is 1. The van der Waals surface area contributed by atoms with Crippen molar-refractivity contribution in [1.29, 1.82) is 0 Å². The van der Waals surface area contributed by atoms with Crippen molar-refractivity contribution in [3.05, 3.63) is 47.0 Å². The Hall–Kier alpha value is -1.87. The summed E-state index contributed by atoms with van der Waals surface area (Å²) in [6.45, 7) is 1.96. The fourth-order valence-electron chi connectivity index (χ4n) is 1.61. The van der Waals surface area contributed by atoms with Crippen molar-refractivity contribution in [3.63, 3.8) is 0 Å². The van der Waals surface area contributed by atoms with Gasteiger partial charge in [-0.15, -0.1) is 0 Å². The highest BCUT2D eigenvalue weighted by Gasteiger charge is 2.06. The van der Waals surface area contributed by atoms with E-state index in [0.29, 0.717) is 16.5 Å². The van der Waals surface area contributed by atoms with E-state index >= 15 is 0 Å². The summed E-state index contributed by atoms with van der Waals surface area (Å²) in [4.78, 5) is 0. The predicted molar refractivity (Wildman–Crippen MR) is 70.7 cm³/mol. The number of aryl methyl sites for hydroxylation is 1. The van der Waals surface area contributed by atoms with Crippen molar-refractivity contribution in [3.8, 4) is 23.0 Å². The molecule has 2 N–H and O–H groups in total. The second-order valence-corrected chi connectivity index (χ2v) is 4.27. The summed E-state index contributed by atoms with van der Waals surface area (Å²) in [5.74, 6) is 1.21. The molecule has 0 saturated heterocycles. The van der Waals surface area contributed by atoms with Gasteiger partial charge < -0.3 is 14.9 Å². The zero-order valence-electron chi connectivity index (χ0n) is 9.85. The first-order valence-corrected chi connectivity index (χ1v) is 5.96. The number of halogens is 1. The number of phenols is 2. The second kappa shape index (κ2) is 5.19. The molecule has 0 bridgehead atoms. The van der Waals surface area contributed by atoms with Gasteiger partial charge in [0.2, 0.25) is 0 Å². The molecule has 0 radical (unpaired) electrons. The average Bonchev–Trinajstić information content (AvgIpc) is 2.33. The van der Waals surface area contributed by atoms with E-state index in [2.05, 4.69) is 0 Å². The third kappa shape index (κ3) is 2.68. The quantitative estimate of drug-likeness (QED) is 0.877. The SMILES string of the molecule is CCc1ccc(Oc2ccc(O)cc2Cl)cc1O. The Balaban J connectivity index is 2.26. The minimum atomic E-state index is 0.0801. The van der Waals surface area contributed by atoms with Crippen molar-refractivity contribution in [1.82, 2.24) is 0 Å². The highest BCUT2D eigenvalue weighted by atomic mass is 35.5. The lowest BCUT2D eigenvalue weighted by molar-refractivity contribution is 0.448. The summed E-state index contributed by atoms with van der Waals surface area (Å²) in [6, 6.07) is 9.57. The second-order valence-electron chi connectivity index (χ2n) is 3.86. The Morgan fingerprint density at radius 1 is 1.11 bits per heavy atom. The van der Waals surface area contributed by atoms with Crippen LogP contribution in [0.25, 0.3) is 0 Å². The van der Waals surface area contributed by atoms with E-state index in [1.54, 1.807) is 24.3 Å². The molecular weight excluding hydrogens is 252 g/mol. The lowest BCUT2D eigenvalue weighted by Gasteiger charge is -2.09. The molecule has 0 aliphatic heterocycles. The monoisotopic (exact) mass is 264 g/mol. The molecule has 4 heteroatoms. The van der Waals surface area contributed by atoms with Crippen LogP contribution >= 0.6 is 11.6 Å². The van der Waals surface area contributed by atoms with Gasteiger partial charge in [-0.05, 0) is 30.2 Å². The van der Waals surface area contributed by atoms with Crippen LogP contribution in [-0.2, 0) is 6.42 Å². The maximum absolute atomic E-state index is 9.73. The normalized spacial score (nSPS) is 10.3. The van der Waals surface area contributed by atoms with Gasteiger partial charge in [-0.3, -0.25) is 0 Å². The first-order valence-electron chi connectivity index (χ1n) is 5.58. The Morgan fingerprint density at radius 2 is 1.89 bits per heavy atom. The van der Waals surface area contributed by atoms with E-state index in [1.165, 1.54) is 12.1 Å². The summed E-state index contributed by atoms with van der Waals surface area (Å²) in [7, 11) is 0. The van der Waals surface area contributed by atoms with Crippen molar-refractivity contribution in [2.45, 2.75) is 13.3 Å². The number of benzene rings is 2. The van der Waals surface area contributed by atoms with Gasteiger partial charge in [0.15, 0.2) is 0 Å². The van der Waals surface area contributed by atoms with Gasteiger partial charge >= 0.3 is 0 Å². The number of rotatable bonds is 3. The van der Waals surface area contributed by atoms with E-state index in [9.17, 15) is 10.2 Å². The molecule has 0 saturated carbocycles. The molecule has 2 rings (SSSR count). The molecule has 0 unspecified atom stereocenters. The van der Waals surface area contributed by atoms with E-state index < -0.39 is 0 Å². The fourth-order valence-corrected chi connectivity index (χ4v) is 1.82. The smallest absolute Gasteiger partial charge is 0.146 e. The molecule has 3 nitrogen and oxygen atoms in total. The Morgan fingerprint density at radius 3 is 2.50 bits per heavy atom. The van der Waals surface area contributed by atoms with E-state index in [-0.39, 0.29) is 11.5 Å². The third-order valence-corrected chi connectivity index (χ3v) is 2.88. The molecule has 0 aliphatic carbocycles. The molecule has 0 amide bonds. The van der Waals surface area contributed by atoms with Gasteiger partial charge in [0.25, 0.3) is 0 Å². The summed E-state index contributed by atoms with van der Waals surface area (Å²) < 4.78 is 5.54. The largest absolute Gasteiger partial charge is 0.508 e. The first kappa shape index (κ1) is 12.6. The minimum Gasteiger partial charge on any atom is -0.508 e. The summed E-state index contributed by atoms with van der Waals surface area (Å²) in [5, 5.41) is 19.3. The molecule has 0 heterocycles. The molecule has 0 aromatic heterocycles. The van der Waals surface area contributed by atoms with Gasteiger partial charge in [0, 0.05) is 12.1 Å². The number of hydrogen-bond donors (Lipinski definition) is 2. The van der Waals surface area contributed by atoms with Gasteiger partial charge in [-0.25, -0.2) is 0 Å². The van der Waals surface area contributed by atoms with Crippen molar-refractivity contribution in [2.24, 2.45) is 0 Å². The van der Waals surface area contributed by atoms with E-state index in [1.807, 2.05) is 6.92 Å². The Kier molecular flexibility index (Phi) is 3.63. The molecule has 2 aromatic rings. The van der Waals surface area contributed by atoms with Crippen LogP contribution in [0, 0.1) is 0 Å². The number of hydrogen-bond acceptors (Lipinski definition) is 3. The van der Waals surface area contributed by atoms with E-state index in [0.717, 1.165) is 12.0 Å². The first-order chi connectivity index (χ1) is 8.60.